The van der Waals surface area contributed by atoms with Gasteiger partial charge in [-0.15, -0.1) is 24.8 Å². The highest BCUT2D eigenvalue weighted by Crippen LogP contribution is 2.21. The van der Waals surface area contributed by atoms with E-state index in [0.29, 0.717) is 6.54 Å². The Morgan fingerprint density at radius 3 is 2.50 bits per heavy atom. The molecule has 1 atom stereocenters. The number of hydrogen-bond acceptors (Lipinski definition) is 3. The van der Waals surface area contributed by atoms with Gasteiger partial charge in [0.05, 0.1) is 0 Å². The maximum atomic E-state index is 12.5. The van der Waals surface area contributed by atoms with Crippen molar-refractivity contribution in [3.63, 3.8) is 0 Å². The summed E-state index contributed by atoms with van der Waals surface area (Å²) in [5.74, 6) is 0.114. The monoisotopic (exact) mass is 347 g/mol. The molecule has 0 saturated carbocycles. The van der Waals surface area contributed by atoms with Crippen LogP contribution in [0.3, 0.4) is 0 Å². The van der Waals surface area contributed by atoms with Gasteiger partial charge in [0.15, 0.2) is 0 Å². The van der Waals surface area contributed by atoms with E-state index in [1.807, 2.05) is 29.2 Å². The number of benzene rings is 1. The quantitative estimate of drug-likeness (QED) is 0.890. The van der Waals surface area contributed by atoms with E-state index in [9.17, 15) is 4.79 Å². The minimum absolute atomic E-state index is 0. The number of carbonyl (C=O) groups excluding carboxylic acids is 1. The zero-order valence-corrected chi connectivity index (χ0v) is 15.0. The van der Waals surface area contributed by atoms with Gasteiger partial charge in [-0.05, 0) is 43.5 Å². The molecule has 1 aliphatic rings. The summed E-state index contributed by atoms with van der Waals surface area (Å²) in [6.07, 6.45) is 3.20. The van der Waals surface area contributed by atoms with Crippen molar-refractivity contribution in [2.24, 2.45) is 5.73 Å². The molecule has 0 spiro atoms. The summed E-state index contributed by atoms with van der Waals surface area (Å²) in [6.45, 7) is 4.57. The van der Waals surface area contributed by atoms with Crippen molar-refractivity contribution in [1.29, 1.82) is 0 Å². The number of rotatable bonds is 5. The summed E-state index contributed by atoms with van der Waals surface area (Å²) in [6, 6.07) is 8.11. The Morgan fingerprint density at radius 2 is 1.95 bits per heavy atom. The molecule has 2 rings (SSSR count). The molecule has 6 heteroatoms. The molecule has 1 fully saturated rings. The standard InChI is InChI=1S/C16H25N3O.2ClH/c1-3-10-18(2)14-8-6-13(7-9-14)16(20)19-11-4-5-15(19)12-17;;/h6-9,15H,3-5,10-12,17H2,1-2H3;2*1H. The fraction of sp³-hybridized carbons (Fsp3) is 0.562. The second-order valence-electron chi connectivity index (χ2n) is 5.50. The highest BCUT2D eigenvalue weighted by molar-refractivity contribution is 5.95. The van der Waals surface area contributed by atoms with Crippen LogP contribution in [0.1, 0.15) is 36.5 Å². The first-order chi connectivity index (χ1) is 9.67. The van der Waals surface area contributed by atoms with Crippen molar-refractivity contribution < 1.29 is 4.79 Å². The van der Waals surface area contributed by atoms with E-state index in [1.54, 1.807) is 0 Å². The number of nitrogens with zero attached hydrogens (tertiary/aromatic N) is 2. The SMILES string of the molecule is CCCN(C)c1ccc(C(=O)N2CCCC2CN)cc1.Cl.Cl. The second-order valence-corrected chi connectivity index (χ2v) is 5.50. The fourth-order valence-electron chi connectivity index (χ4n) is 2.84. The highest BCUT2D eigenvalue weighted by atomic mass is 35.5. The normalized spacial score (nSPS) is 16.7. The molecule has 0 bridgehead atoms. The Morgan fingerprint density at radius 1 is 1.32 bits per heavy atom. The van der Waals surface area contributed by atoms with Gasteiger partial charge in [-0.25, -0.2) is 0 Å². The molecule has 1 heterocycles. The van der Waals surface area contributed by atoms with Gasteiger partial charge in [0.2, 0.25) is 0 Å². The van der Waals surface area contributed by atoms with Crippen LogP contribution in [0.15, 0.2) is 24.3 Å². The predicted octanol–water partition coefficient (Wildman–Crippen LogP) is 2.94. The number of halogens is 2. The van der Waals surface area contributed by atoms with E-state index in [-0.39, 0.29) is 36.8 Å². The lowest BCUT2D eigenvalue weighted by Crippen LogP contribution is -2.39. The Balaban J connectivity index is 0.00000220. The lowest BCUT2D eigenvalue weighted by Gasteiger charge is -2.24. The van der Waals surface area contributed by atoms with Crippen LogP contribution in [0, 0.1) is 0 Å². The van der Waals surface area contributed by atoms with E-state index in [1.165, 1.54) is 0 Å². The second kappa shape index (κ2) is 9.93. The van der Waals surface area contributed by atoms with Crippen molar-refractivity contribution in [3.8, 4) is 0 Å². The van der Waals surface area contributed by atoms with E-state index >= 15 is 0 Å². The molecule has 1 unspecified atom stereocenters. The average molecular weight is 348 g/mol. The summed E-state index contributed by atoms with van der Waals surface area (Å²) in [5, 5.41) is 0. The van der Waals surface area contributed by atoms with Gasteiger partial charge in [-0.3, -0.25) is 4.79 Å². The smallest absolute Gasteiger partial charge is 0.254 e. The van der Waals surface area contributed by atoms with E-state index in [2.05, 4.69) is 18.9 Å². The molecule has 4 nitrogen and oxygen atoms in total. The number of nitrogens with two attached hydrogens (primary N) is 1. The molecule has 1 aliphatic heterocycles. The maximum Gasteiger partial charge on any atom is 0.254 e. The Labute approximate surface area is 145 Å². The van der Waals surface area contributed by atoms with Crippen molar-refractivity contribution in [2.75, 3.05) is 31.6 Å². The van der Waals surface area contributed by atoms with Gasteiger partial charge in [-0.2, -0.15) is 0 Å². The first-order valence-corrected chi connectivity index (χ1v) is 7.49. The molecule has 1 aromatic carbocycles. The average Bonchev–Trinajstić information content (AvgIpc) is 2.95. The molecule has 1 saturated heterocycles. The molecule has 126 valence electrons. The summed E-state index contributed by atoms with van der Waals surface area (Å²) in [7, 11) is 2.07. The van der Waals surface area contributed by atoms with Crippen molar-refractivity contribution >= 4 is 36.4 Å². The Bertz CT molecular complexity index is 453. The molecule has 22 heavy (non-hydrogen) atoms. The first kappa shape index (κ1) is 21.0. The fourth-order valence-corrected chi connectivity index (χ4v) is 2.84. The van der Waals surface area contributed by atoms with Crippen LogP contribution >= 0.6 is 24.8 Å². The van der Waals surface area contributed by atoms with Crippen LogP contribution in [0.2, 0.25) is 0 Å². The number of likely N-dealkylation sites (tertiary alicyclic amines) is 1. The summed E-state index contributed by atoms with van der Waals surface area (Å²) >= 11 is 0. The molecule has 0 aliphatic carbocycles. The molecule has 0 radical (unpaired) electrons. The summed E-state index contributed by atoms with van der Waals surface area (Å²) in [5.41, 5.74) is 7.65. The van der Waals surface area contributed by atoms with E-state index in [0.717, 1.165) is 43.6 Å². The molecule has 0 aromatic heterocycles. The topological polar surface area (TPSA) is 49.6 Å². The number of hydrogen-bond donors (Lipinski definition) is 1. The van der Waals surface area contributed by atoms with Crippen LogP contribution in [-0.4, -0.2) is 43.5 Å². The van der Waals surface area contributed by atoms with Gasteiger partial charge in [0, 0.05) is 44.0 Å². The van der Waals surface area contributed by atoms with Crippen LogP contribution in [0.4, 0.5) is 5.69 Å². The van der Waals surface area contributed by atoms with Gasteiger partial charge >= 0.3 is 0 Å². The van der Waals surface area contributed by atoms with Crippen molar-refractivity contribution in [1.82, 2.24) is 4.90 Å². The van der Waals surface area contributed by atoms with Crippen molar-refractivity contribution in [3.05, 3.63) is 29.8 Å². The van der Waals surface area contributed by atoms with Crippen LogP contribution < -0.4 is 10.6 Å². The molecule has 1 aromatic rings. The number of anilines is 1. The number of amides is 1. The first-order valence-electron chi connectivity index (χ1n) is 7.49. The van der Waals surface area contributed by atoms with E-state index < -0.39 is 0 Å². The molecule has 1 amide bonds. The van der Waals surface area contributed by atoms with Gasteiger partial charge in [0.1, 0.15) is 0 Å². The summed E-state index contributed by atoms with van der Waals surface area (Å²) in [4.78, 5) is 16.6. The summed E-state index contributed by atoms with van der Waals surface area (Å²) < 4.78 is 0. The van der Waals surface area contributed by atoms with E-state index in [4.69, 9.17) is 5.73 Å². The third-order valence-electron chi connectivity index (χ3n) is 4.02. The molecular formula is C16H27Cl2N3O. The molecular weight excluding hydrogens is 321 g/mol. The predicted molar refractivity (Wildman–Crippen MR) is 97.6 cm³/mol. The zero-order valence-electron chi connectivity index (χ0n) is 13.3. The minimum atomic E-state index is 0. The molecule has 2 N–H and O–H groups in total. The third-order valence-corrected chi connectivity index (χ3v) is 4.02. The van der Waals surface area contributed by atoms with Crippen LogP contribution in [0.25, 0.3) is 0 Å². The zero-order chi connectivity index (χ0) is 14.5. The lowest BCUT2D eigenvalue weighted by atomic mass is 10.1. The Hall–Kier alpha value is -0.970. The van der Waals surface area contributed by atoms with Gasteiger partial charge < -0.3 is 15.5 Å². The largest absolute Gasteiger partial charge is 0.375 e. The minimum Gasteiger partial charge on any atom is -0.375 e. The number of carbonyl (C=O) groups is 1. The Kier molecular flexibility index (Phi) is 9.49. The maximum absolute atomic E-state index is 12.5. The van der Waals surface area contributed by atoms with Gasteiger partial charge in [-0.1, -0.05) is 6.92 Å². The van der Waals surface area contributed by atoms with Crippen LogP contribution in [-0.2, 0) is 0 Å². The van der Waals surface area contributed by atoms with Crippen LogP contribution in [0.5, 0.6) is 0 Å². The lowest BCUT2D eigenvalue weighted by molar-refractivity contribution is 0.0741. The van der Waals surface area contributed by atoms with Crippen molar-refractivity contribution in [2.45, 2.75) is 32.2 Å². The third kappa shape index (κ3) is 4.77. The highest BCUT2D eigenvalue weighted by Gasteiger charge is 2.28. The van der Waals surface area contributed by atoms with Gasteiger partial charge in [0.25, 0.3) is 5.91 Å².